The van der Waals surface area contributed by atoms with Gasteiger partial charge in [0.1, 0.15) is 5.75 Å². The molecule has 3 aromatic rings. The maximum atomic E-state index is 12.7. The molecule has 0 saturated heterocycles. The molecule has 0 aromatic heterocycles. The number of hydrogen-bond donors (Lipinski definition) is 1. The van der Waals surface area contributed by atoms with Crippen molar-refractivity contribution in [3.8, 4) is 5.75 Å². The Morgan fingerprint density at radius 2 is 1.52 bits per heavy atom. The molecule has 3 rings (SSSR count). The lowest BCUT2D eigenvalue weighted by Crippen LogP contribution is -2.33. The molecule has 3 nitrogen and oxygen atoms in total. The van der Waals surface area contributed by atoms with Crippen LogP contribution >= 0.6 is 0 Å². The highest BCUT2D eigenvalue weighted by Gasteiger charge is 2.19. The summed E-state index contributed by atoms with van der Waals surface area (Å²) in [7, 11) is 0. The number of rotatable bonds is 6. The quantitative estimate of drug-likeness (QED) is 0.600. The van der Waals surface area contributed by atoms with Gasteiger partial charge in [0, 0.05) is 0 Å². The monoisotopic (exact) mass is 387 g/mol. The molecule has 3 aromatic carbocycles. The van der Waals surface area contributed by atoms with Crippen molar-refractivity contribution in [2.45, 2.75) is 39.2 Å². The first-order valence-corrected chi connectivity index (χ1v) is 9.98. The van der Waals surface area contributed by atoms with Crippen LogP contribution < -0.4 is 10.1 Å². The van der Waals surface area contributed by atoms with Gasteiger partial charge in [-0.15, -0.1) is 0 Å². The molecule has 1 atom stereocenters. The number of carbonyl (C=O) groups excluding carboxylic acids is 1. The maximum absolute atomic E-state index is 12.7. The summed E-state index contributed by atoms with van der Waals surface area (Å²) in [6.07, 6.45) is 0. The molecule has 0 saturated carbocycles. The average molecular weight is 388 g/mol. The van der Waals surface area contributed by atoms with Crippen molar-refractivity contribution in [1.82, 2.24) is 5.32 Å². The second-order valence-electron chi connectivity index (χ2n) is 8.33. The lowest BCUT2D eigenvalue weighted by Gasteiger charge is -2.22. The predicted molar refractivity (Wildman–Crippen MR) is 118 cm³/mol. The minimum absolute atomic E-state index is 0.0237. The first kappa shape index (κ1) is 20.7. The molecule has 0 aliphatic carbocycles. The molecule has 1 unspecified atom stereocenters. The van der Waals surface area contributed by atoms with E-state index in [1.54, 1.807) is 0 Å². The third kappa shape index (κ3) is 5.47. The first-order valence-electron chi connectivity index (χ1n) is 9.98. The SMILES string of the molecule is Cc1ccccc1C(NC(=O)COc1ccc(C(C)(C)C)cc1)c1ccccc1. The lowest BCUT2D eigenvalue weighted by molar-refractivity contribution is -0.123. The van der Waals surface area contributed by atoms with Gasteiger partial charge in [-0.2, -0.15) is 0 Å². The first-order chi connectivity index (χ1) is 13.8. The summed E-state index contributed by atoms with van der Waals surface area (Å²) in [4.78, 5) is 12.7. The summed E-state index contributed by atoms with van der Waals surface area (Å²) in [5.74, 6) is 0.544. The molecule has 150 valence electrons. The van der Waals surface area contributed by atoms with Gasteiger partial charge in [0.15, 0.2) is 6.61 Å². The fourth-order valence-electron chi connectivity index (χ4n) is 3.30. The van der Waals surface area contributed by atoms with Crippen molar-refractivity contribution in [2.75, 3.05) is 6.61 Å². The number of ether oxygens (including phenoxy) is 1. The molecule has 0 aliphatic rings. The highest BCUT2D eigenvalue weighted by molar-refractivity contribution is 5.78. The van der Waals surface area contributed by atoms with Crippen molar-refractivity contribution >= 4 is 5.91 Å². The van der Waals surface area contributed by atoms with Crippen molar-refractivity contribution < 1.29 is 9.53 Å². The Hall–Kier alpha value is -3.07. The molecule has 0 fully saturated rings. The number of nitrogens with one attached hydrogen (secondary N) is 1. The van der Waals surface area contributed by atoms with E-state index in [1.165, 1.54) is 5.56 Å². The van der Waals surface area contributed by atoms with Gasteiger partial charge in [-0.05, 0) is 46.7 Å². The summed E-state index contributed by atoms with van der Waals surface area (Å²) in [6.45, 7) is 8.55. The van der Waals surface area contributed by atoms with Crippen LogP contribution in [-0.4, -0.2) is 12.5 Å². The van der Waals surface area contributed by atoms with E-state index in [9.17, 15) is 4.79 Å². The lowest BCUT2D eigenvalue weighted by atomic mass is 9.87. The number of aryl methyl sites for hydroxylation is 1. The van der Waals surface area contributed by atoms with Crippen LogP contribution in [0.5, 0.6) is 5.75 Å². The van der Waals surface area contributed by atoms with E-state index in [0.29, 0.717) is 5.75 Å². The van der Waals surface area contributed by atoms with Crippen LogP contribution in [0.25, 0.3) is 0 Å². The smallest absolute Gasteiger partial charge is 0.258 e. The standard InChI is InChI=1S/C26H29NO2/c1-19-10-8-9-13-23(19)25(20-11-6-5-7-12-20)27-24(28)18-29-22-16-14-21(15-17-22)26(2,3)4/h5-17,25H,18H2,1-4H3,(H,27,28). The van der Waals surface area contributed by atoms with Gasteiger partial charge in [-0.25, -0.2) is 0 Å². The fraction of sp³-hybridized carbons (Fsp3) is 0.269. The van der Waals surface area contributed by atoms with Gasteiger partial charge >= 0.3 is 0 Å². The zero-order valence-corrected chi connectivity index (χ0v) is 17.6. The third-order valence-corrected chi connectivity index (χ3v) is 5.03. The van der Waals surface area contributed by atoms with Crippen LogP contribution in [0.4, 0.5) is 0 Å². The molecule has 1 N–H and O–H groups in total. The molecule has 1 amide bonds. The summed E-state index contributed by atoms with van der Waals surface area (Å²) >= 11 is 0. The van der Waals surface area contributed by atoms with Gasteiger partial charge in [-0.3, -0.25) is 4.79 Å². The van der Waals surface area contributed by atoms with Gasteiger partial charge in [0.2, 0.25) is 0 Å². The molecule has 0 heterocycles. The second kappa shape index (κ2) is 8.95. The van der Waals surface area contributed by atoms with E-state index in [0.717, 1.165) is 16.7 Å². The summed E-state index contributed by atoms with van der Waals surface area (Å²) in [6, 6.07) is 25.9. The van der Waals surface area contributed by atoms with Gasteiger partial charge < -0.3 is 10.1 Å². The van der Waals surface area contributed by atoms with Gasteiger partial charge in [0.05, 0.1) is 6.04 Å². The Labute approximate surface area is 173 Å². The average Bonchev–Trinajstić information content (AvgIpc) is 2.71. The van der Waals surface area contributed by atoms with E-state index < -0.39 is 0 Å². The molecule has 0 radical (unpaired) electrons. The molecule has 3 heteroatoms. The van der Waals surface area contributed by atoms with Crippen LogP contribution in [0.3, 0.4) is 0 Å². The number of carbonyl (C=O) groups is 1. The molecule has 0 aliphatic heterocycles. The molecule has 29 heavy (non-hydrogen) atoms. The largest absolute Gasteiger partial charge is 0.484 e. The Kier molecular flexibility index (Phi) is 6.38. The molecular weight excluding hydrogens is 358 g/mol. The maximum Gasteiger partial charge on any atom is 0.258 e. The topological polar surface area (TPSA) is 38.3 Å². The van der Waals surface area contributed by atoms with E-state index in [2.05, 4.69) is 45.1 Å². The van der Waals surface area contributed by atoms with Gasteiger partial charge in [-0.1, -0.05) is 87.5 Å². The number of benzene rings is 3. The Bertz CT molecular complexity index is 940. The van der Waals surface area contributed by atoms with Gasteiger partial charge in [0.25, 0.3) is 5.91 Å². The van der Waals surface area contributed by atoms with Crippen molar-refractivity contribution in [3.63, 3.8) is 0 Å². The van der Waals surface area contributed by atoms with E-state index >= 15 is 0 Å². The van der Waals surface area contributed by atoms with Crippen molar-refractivity contribution in [3.05, 3.63) is 101 Å². The van der Waals surface area contributed by atoms with Crippen LogP contribution in [-0.2, 0) is 10.2 Å². The number of amides is 1. The summed E-state index contributed by atoms with van der Waals surface area (Å²) < 4.78 is 5.73. The minimum atomic E-state index is -0.211. The Morgan fingerprint density at radius 3 is 2.14 bits per heavy atom. The third-order valence-electron chi connectivity index (χ3n) is 5.03. The van der Waals surface area contributed by atoms with Crippen LogP contribution in [0.1, 0.15) is 49.1 Å². The van der Waals surface area contributed by atoms with Crippen LogP contribution in [0, 0.1) is 6.92 Å². The van der Waals surface area contributed by atoms with E-state index in [4.69, 9.17) is 4.74 Å². The van der Waals surface area contributed by atoms with E-state index in [-0.39, 0.29) is 24.0 Å². The van der Waals surface area contributed by atoms with Crippen molar-refractivity contribution in [1.29, 1.82) is 0 Å². The predicted octanol–water partition coefficient (Wildman–Crippen LogP) is 5.58. The van der Waals surface area contributed by atoms with Crippen LogP contribution in [0.15, 0.2) is 78.9 Å². The highest BCUT2D eigenvalue weighted by Crippen LogP contribution is 2.26. The minimum Gasteiger partial charge on any atom is -0.484 e. The zero-order valence-electron chi connectivity index (χ0n) is 17.6. The highest BCUT2D eigenvalue weighted by atomic mass is 16.5. The summed E-state index contributed by atoms with van der Waals surface area (Å²) in [5, 5.41) is 3.13. The van der Waals surface area contributed by atoms with E-state index in [1.807, 2.05) is 66.7 Å². The summed E-state index contributed by atoms with van der Waals surface area (Å²) in [5.41, 5.74) is 4.59. The fourth-order valence-corrected chi connectivity index (χ4v) is 3.30. The van der Waals surface area contributed by atoms with Crippen LogP contribution in [0.2, 0.25) is 0 Å². The van der Waals surface area contributed by atoms with Crippen molar-refractivity contribution in [2.24, 2.45) is 0 Å². The molecule has 0 bridgehead atoms. The Balaban J connectivity index is 1.70. The number of hydrogen-bond acceptors (Lipinski definition) is 2. The Morgan fingerprint density at radius 1 is 0.897 bits per heavy atom. The normalized spacial score (nSPS) is 12.3. The second-order valence-corrected chi connectivity index (χ2v) is 8.33. The molecule has 0 spiro atoms. The zero-order chi connectivity index (χ0) is 20.9. The molecular formula is C26H29NO2.